The van der Waals surface area contributed by atoms with Gasteiger partial charge in [-0.15, -0.1) is 0 Å². The van der Waals surface area contributed by atoms with Crippen LogP contribution in [0.5, 0.6) is 0 Å². The first-order chi connectivity index (χ1) is 11.3. The van der Waals surface area contributed by atoms with Gasteiger partial charge in [-0.25, -0.2) is 10.4 Å². The molecule has 120 valence electrons. The lowest BCUT2D eigenvalue weighted by Crippen LogP contribution is -2.37. The van der Waals surface area contributed by atoms with Crippen LogP contribution in [0.3, 0.4) is 0 Å². The molecule has 0 radical (unpaired) electrons. The van der Waals surface area contributed by atoms with E-state index >= 15 is 0 Å². The van der Waals surface area contributed by atoms with Crippen LogP contribution >= 0.6 is 0 Å². The van der Waals surface area contributed by atoms with Gasteiger partial charge in [0.1, 0.15) is 5.82 Å². The fourth-order valence-corrected chi connectivity index (χ4v) is 2.86. The maximum atomic E-state index is 5.69. The van der Waals surface area contributed by atoms with E-state index in [4.69, 9.17) is 5.73 Å². The van der Waals surface area contributed by atoms with E-state index in [0.717, 1.165) is 29.5 Å². The third-order valence-electron chi connectivity index (χ3n) is 4.27. The standard InChI is InChI=1S/C16H21N7/c17-11-3-5-12(6-4-11)19-16-18-8-7-14(21-16)20-15-9-13(22-23-15)10-1-2-10/h3-8,10,13,15,22-23H,1-2,9,17H2,(H2,18,19,20,21). The topological polar surface area (TPSA) is 99.9 Å². The Morgan fingerprint density at radius 1 is 1.09 bits per heavy atom. The highest BCUT2D eigenvalue weighted by Crippen LogP contribution is 2.35. The van der Waals surface area contributed by atoms with Crippen LogP contribution in [-0.2, 0) is 0 Å². The van der Waals surface area contributed by atoms with Gasteiger partial charge < -0.3 is 16.4 Å². The van der Waals surface area contributed by atoms with Crippen LogP contribution in [0.2, 0.25) is 0 Å². The summed E-state index contributed by atoms with van der Waals surface area (Å²) in [5.74, 6) is 2.20. The second-order valence-electron chi connectivity index (χ2n) is 6.18. The van der Waals surface area contributed by atoms with Crippen LogP contribution in [0.15, 0.2) is 36.5 Å². The Balaban J connectivity index is 1.39. The largest absolute Gasteiger partial charge is 0.399 e. The Labute approximate surface area is 135 Å². The zero-order chi connectivity index (χ0) is 15.6. The molecule has 2 atom stereocenters. The summed E-state index contributed by atoms with van der Waals surface area (Å²) in [6.07, 6.45) is 5.69. The number of nitrogen functional groups attached to an aromatic ring is 1. The number of nitrogens with zero attached hydrogens (tertiary/aromatic N) is 2. The van der Waals surface area contributed by atoms with E-state index in [2.05, 4.69) is 31.5 Å². The molecule has 1 aliphatic carbocycles. The second kappa shape index (κ2) is 6.02. The molecule has 23 heavy (non-hydrogen) atoms. The highest BCUT2D eigenvalue weighted by atomic mass is 15.5. The summed E-state index contributed by atoms with van der Waals surface area (Å²) in [7, 11) is 0. The van der Waals surface area contributed by atoms with E-state index in [0.29, 0.717) is 12.0 Å². The van der Waals surface area contributed by atoms with E-state index in [1.165, 1.54) is 12.8 Å². The molecular weight excluding hydrogens is 290 g/mol. The van der Waals surface area contributed by atoms with Gasteiger partial charge in [0, 0.05) is 23.6 Å². The van der Waals surface area contributed by atoms with Crippen LogP contribution in [-0.4, -0.2) is 22.2 Å². The minimum absolute atomic E-state index is 0.194. The summed E-state index contributed by atoms with van der Waals surface area (Å²) in [6, 6.07) is 9.94. The zero-order valence-corrected chi connectivity index (χ0v) is 12.8. The van der Waals surface area contributed by atoms with Crippen LogP contribution in [0, 0.1) is 5.92 Å². The zero-order valence-electron chi connectivity index (χ0n) is 12.8. The van der Waals surface area contributed by atoms with E-state index in [1.54, 1.807) is 6.20 Å². The highest BCUT2D eigenvalue weighted by molar-refractivity contribution is 5.58. The van der Waals surface area contributed by atoms with Crippen LogP contribution in [0.1, 0.15) is 19.3 Å². The lowest BCUT2D eigenvalue weighted by atomic mass is 10.1. The van der Waals surface area contributed by atoms with Crippen molar-refractivity contribution >= 4 is 23.1 Å². The molecule has 1 saturated heterocycles. The van der Waals surface area contributed by atoms with Crippen molar-refractivity contribution in [2.75, 3.05) is 16.4 Å². The first-order valence-corrected chi connectivity index (χ1v) is 7.99. The summed E-state index contributed by atoms with van der Waals surface area (Å²) in [5, 5.41) is 6.58. The van der Waals surface area contributed by atoms with E-state index < -0.39 is 0 Å². The highest BCUT2D eigenvalue weighted by Gasteiger charge is 2.36. The maximum absolute atomic E-state index is 5.69. The van der Waals surface area contributed by atoms with E-state index in [1.807, 2.05) is 30.3 Å². The first-order valence-electron chi connectivity index (χ1n) is 7.99. The van der Waals surface area contributed by atoms with Gasteiger partial charge in [-0.3, -0.25) is 5.43 Å². The minimum atomic E-state index is 0.194. The van der Waals surface area contributed by atoms with Crippen LogP contribution in [0.25, 0.3) is 0 Å². The van der Waals surface area contributed by atoms with Gasteiger partial charge in [-0.2, -0.15) is 4.98 Å². The minimum Gasteiger partial charge on any atom is -0.399 e. The molecule has 7 nitrogen and oxygen atoms in total. The molecule has 2 aromatic rings. The predicted molar refractivity (Wildman–Crippen MR) is 91.0 cm³/mol. The number of nitrogens with two attached hydrogens (primary N) is 1. The number of nitrogens with one attached hydrogen (secondary N) is 4. The molecule has 2 fully saturated rings. The SMILES string of the molecule is Nc1ccc(Nc2nccc(NC3CC(C4CC4)NN3)n2)cc1. The second-order valence-corrected chi connectivity index (χ2v) is 6.18. The van der Waals surface area contributed by atoms with Gasteiger partial charge in [0.05, 0.1) is 6.17 Å². The molecule has 1 aromatic carbocycles. The van der Waals surface area contributed by atoms with Gasteiger partial charge in [0.2, 0.25) is 5.95 Å². The Hall–Kier alpha value is -2.38. The average molecular weight is 311 g/mol. The molecule has 0 spiro atoms. The normalized spacial score (nSPS) is 23.7. The number of hydrogen-bond acceptors (Lipinski definition) is 7. The van der Waals surface area contributed by atoms with Crippen molar-refractivity contribution in [3.63, 3.8) is 0 Å². The van der Waals surface area contributed by atoms with Crippen molar-refractivity contribution in [1.29, 1.82) is 0 Å². The van der Waals surface area contributed by atoms with Crippen molar-refractivity contribution in [3.8, 4) is 0 Å². The molecule has 4 rings (SSSR count). The summed E-state index contributed by atoms with van der Waals surface area (Å²) >= 11 is 0. The summed E-state index contributed by atoms with van der Waals surface area (Å²) in [5.41, 5.74) is 14.0. The number of aromatic nitrogens is 2. The van der Waals surface area contributed by atoms with E-state index in [9.17, 15) is 0 Å². The van der Waals surface area contributed by atoms with Crippen molar-refractivity contribution in [2.45, 2.75) is 31.5 Å². The molecular formula is C16H21N7. The Kier molecular flexibility index (Phi) is 3.72. The third kappa shape index (κ3) is 3.52. The molecule has 0 amide bonds. The van der Waals surface area contributed by atoms with E-state index in [-0.39, 0.29) is 6.17 Å². The molecule has 2 heterocycles. The Bertz CT molecular complexity index is 668. The summed E-state index contributed by atoms with van der Waals surface area (Å²) in [6.45, 7) is 0. The molecule has 1 aromatic heterocycles. The molecule has 1 saturated carbocycles. The summed E-state index contributed by atoms with van der Waals surface area (Å²) in [4.78, 5) is 8.76. The molecule has 0 bridgehead atoms. The average Bonchev–Trinajstić information content (AvgIpc) is 3.30. The number of hydrazine groups is 1. The van der Waals surface area contributed by atoms with Gasteiger partial charge in [-0.05, 0) is 55.5 Å². The van der Waals surface area contributed by atoms with Crippen LogP contribution < -0.4 is 27.2 Å². The Morgan fingerprint density at radius 3 is 2.70 bits per heavy atom. The smallest absolute Gasteiger partial charge is 0.229 e. The van der Waals surface area contributed by atoms with Crippen molar-refractivity contribution in [3.05, 3.63) is 36.5 Å². The third-order valence-corrected chi connectivity index (χ3v) is 4.27. The number of anilines is 4. The fourth-order valence-electron chi connectivity index (χ4n) is 2.86. The van der Waals surface area contributed by atoms with Gasteiger partial charge in [-0.1, -0.05) is 0 Å². The van der Waals surface area contributed by atoms with Gasteiger partial charge >= 0.3 is 0 Å². The lowest BCUT2D eigenvalue weighted by molar-refractivity contribution is 0.502. The molecule has 6 N–H and O–H groups in total. The van der Waals surface area contributed by atoms with Crippen molar-refractivity contribution < 1.29 is 0 Å². The number of benzene rings is 1. The molecule has 7 heteroatoms. The Morgan fingerprint density at radius 2 is 1.91 bits per heavy atom. The number of hydrogen-bond donors (Lipinski definition) is 5. The molecule has 2 unspecified atom stereocenters. The van der Waals surface area contributed by atoms with Crippen molar-refractivity contribution in [2.24, 2.45) is 5.92 Å². The maximum Gasteiger partial charge on any atom is 0.229 e. The predicted octanol–water partition coefficient (Wildman–Crippen LogP) is 1.82. The monoisotopic (exact) mass is 311 g/mol. The van der Waals surface area contributed by atoms with Crippen LogP contribution in [0.4, 0.5) is 23.1 Å². The summed E-state index contributed by atoms with van der Waals surface area (Å²) < 4.78 is 0. The quantitative estimate of drug-likeness (QED) is 0.537. The fraction of sp³-hybridized carbons (Fsp3) is 0.375. The lowest BCUT2D eigenvalue weighted by Gasteiger charge is -2.13. The first kappa shape index (κ1) is 14.2. The number of rotatable bonds is 5. The molecule has 1 aliphatic heterocycles. The van der Waals surface area contributed by atoms with Gasteiger partial charge in [0.25, 0.3) is 0 Å². The van der Waals surface area contributed by atoms with Gasteiger partial charge in [0.15, 0.2) is 0 Å². The van der Waals surface area contributed by atoms with Crippen molar-refractivity contribution in [1.82, 2.24) is 20.8 Å². The molecule has 2 aliphatic rings.